The predicted molar refractivity (Wildman–Crippen MR) is 91.1 cm³/mol. The molecule has 0 amide bonds. The average Bonchev–Trinajstić information content (AvgIpc) is 3.38. The van der Waals surface area contributed by atoms with E-state index in [2.05, 4.69) is 32.1 Å². The zero-order valence-corrected chi connectivity index (χ0v) is 14.1. The second-order valence-electron chi connectivity index (χ2n) is 5.99. The van der Waals surface area contributed by atoms with Crippen LogP contribution in [0.1, 0.15) is 24.6 Å². The number of benzene rings is 1. The monoisotopic (exact) mass is 352 g/mol. The third-order valence-corrected chi connectivity index (χ3v) is 4.07. The standard InChI is InChI=1S/C17H17FN8/c1-13(24-7-6-19-11-24)8-17-22-16(9-25-12-20-10-21-25)23-26(17)15-4-2-14(18)3-5-15/h2-7,10-13H,8-9H2,1H3. The van der Waals surface area contributed by atoms with Crippen molar-refractivity contribution in [2.75, 3.05) is 0 Å². The molecular formula is C17H17FN8. The van der Waals surface area contributed by atoms with Gasteiger partial charge in [0.15, 0.2) is 5.82 Å². The Kier molecular flexibility index (Phi) is 4.26. The molecule has 0 spiro atoms. The van der Waals surface area contributed by atoms with Crippen molar-refractivity contribution >= 4 is 0 Å². The fourth-order valence-corrected chi connectivity index (χ4v) is 2.74. The lowest BCUT2D eigenvalue weighted by atomic mass is 10.2. The van der Waals surface area contributed by atoms with Crippen LogP contribution in [-0.2, 0) is 13.0 Å². The molecule has 1 unspecified atom stereocenters. The summed E-state index contributed by atoms with van der Waals surface area (Å²) in [5.41, 5.74) is 0.761. The molecule has 1 aromatic carbocycles. The van der Waals surface area contributed by atoms with E-state index in [1.807, 2.05) is 10.8 Å². The molecule has 26 heavy (non-hydrogen) atoms. The van der Waals surface area contributed by atoms with Crippen LogP contribution in [0.2, 0.25) is 0 Å². The predicted octanol–water partition coefficient (Wildman–Crippen LogP) is 2.05. The Morgan fingerprint density at radius 1 is 1.12 bits per heavy atom. The van der Waals surface area contributed by atoms with Gasteiger partial charge in [-0.05, 0) is 31.2 Å². The van der Waals surface area contributed by atoms with Crippen LogP contribution in [0.3, 0.4) is 0 Å². The minimum absolute atomic E-state index is 0.153. The van der Waals surface area contributed by atoms with Crippen LogP contribution < -0.4 is 0 Å². The zero-order chi connectivity index (χ0) is 17.9. The topological polar surface area (TPSA) is 79.2 Å². The van der Waals surface area contributed by atoms with Crippen molar-refractivity contribution in [1.29, 1.82) is 0 Å². The van der Waals surface area contributed by atoms with Gasteiger partial charge in [-0.15, -0.1) is 5.10 Å². The molecule has 0 radical (unpaired) electrons. The summed E-state index contributed by atoms with van der Waals surface area (Å²) in [7, 11) is 0. The number of hydrogen-bond acceptors (Lipinski definition) is 5. The van der Waals surface area contributed by atoms with E-state index in [0.29, 0.717) is 18.8 Å². The van der Waals surface area contributed by atoms with Gasteiger partial charge in [0.25, 0.3) is 0 Å². The zero-order valence-electron chi connectivity index (χ0n) is 14.1. The normalized spacial score (nSPS) is 12.4. The first-order valence-electron chi connectivity index (χ1n) is 8.19. The van der Waals surface area contributed by atoms with Crippen molar-refractivity contribution in [3.63, 3.8) is 0 Å². The molecule has 1 atom stereocenters. The van der Waals surface area contributed by atoms with Crippen LogP contribution >= 0.6 is 0 Å². The van der Waals surface area contributed by atoms with Crippen molar-refractivity contribution in [1.82, 2.24) is 39.1 Å². The Balaban J connectivity index is 1.67. The molecule has 0 saturated heterocycles. The van der Waals surface area contributed by atoms with Gasteiger partial charge >= 0.3 is 0 Å². The van der Waals surface area contributed by atoms with Crippen LogP contribution in [0.5, 0.6) is 0 Å². The van der Waals surface area contributed by atoms with Gasteiger partial charge in [0, 0.05) is 24.9 Å². The SMILES string of the molecule is CC(Cc1nc(Cn2cncn2)nn1-c1ccc(F)cc1)n1ccnc1. The molecule has 0 aliphatic rings. The van der Waals surface area contributed by atoms with E-state index in [1.165, 1.54) is 18.5 Å². The second kappa shape index (κ2) is 6.87. The molecule has 0 bridgehead atoms. The minimum Gasteiger partial charge on any atom is -0.334 e. The number of aromatic nitrogens is 8. The van der Waals surface area contributed by atoms with Gasteiger partial charge in [-0.2, -0.15) is 5.10 Å². The van der Waals surface area contributed by atoms with Crippen molar-refractivity contribution < 1.29 is 4.39 Å². The lowest BCUT2D eigenvalue weighted by Gasteiger charge is -2.13. The van der Waals surface area contributed by atoms with Gasteiger partial charge in [0.1, 0.15) is 30.8 Å². The fraction of sp³-hybridized carbons (Fsp3) is 0.235. The molecule has 8 nitrogen and oxygen atoms in total. The molecule has 4 aromatic rings. The molecule has 0 saturated carbocycles. The number of nitrogens with zero attached hydrogens (tertiary/aromatic N) is 8. The maximum atomic E-state index is 13.3. The van der Waals surface area contributed by atoms with Crippen molar-refractivity contribution in [3.05, 3.63) is 73.1 Å². The van der Waals surface area contributed by atoms with Crippen LogP contribution in [0.25, 0.3) is 5.69 Å². The number of halogens is 1. The Morgan fingerprint density at radius 2 is 1.96 bits per heavy atom. The summed E-state index contributed by atoms with van der Waals surface area (Å²) < 4.78 is 18.7. The fourth-order valence-electron chi connectivity index (χ4n) is 2.74. The van der Waals surface area contributed by atoms with E-state index in [1.54, 1.807) is 40.3 Å². The van der Waals surface area contributed by atoms with E-state index >= 15 is 0 Å². The smallest absolute Gasteiger partial charge is 0.172 e. The maximum Gasteiger partial charge on any atom is 0.172 e. The lowest BCUT2D eigenvalue weighted by molar-refractivity contribution is 0.523. The van der Waals surface area contributed by atoms with Crippen molar-refractivity contribution in [3.8, 4) is 5.69 Å². The highest BCUT2D eigenvalue weighted by atomic mass is 19.1. The highest BCUT2D eigenvalue weighted by Gasteiger charge is 2.16. The molecule has 4 rings (SSSR count). The summed E-state index contributed by atoms with van der Waals surface area (Å²) in [5.74, 6) is 1.12. The summed E-state index contributed by atoms with van der Waals surface area (Å²) in [6.45, 7) is 2.50. The number of imidazole rings is 1. The van der Waals surface area contributed by atoms with Gasteiger partial charge in [0.05, 0.1) is 12.0 Å². The summed E-state index contributed by atoms with van der Waals surface area (Å²) in [5, 5.41) is 8.68. The summed E-state index contributed by atoms with van der Waals surface area (Å²) >= 11 is 0. The molecule has 9 heteroatoms. The van der Waals surface area contributed by atoms with Crippen LogP contribution in [0.4, 0.5) is 4.39 Å². The quantitative estimate of drug-likeness (QED) is 0.531. The highest BCUT2D eigenvalue weighted by molar-refractivity contribution is 5.32. The average molecular weight is 352 g/mol. The van der Waals surface area contributed by atoms with Crippen molar-refractivity contribution in [2.45, 2.75) is 25.9 Å². The van der Waals surface area contributed by atoms with Gasteiger partial charge in [-0.1, -0.05) is 0 Å². The van der Waals surface area contributed by atoms with Crippen LogP contribution in [0, 0.1) is 5.82 Å². The van der Waals surface area contributed by atoms with E-state index < -0.39 is 0 Å². The molecular weight excluding hydrogens is 335 g/mol. The summed E-state index contributed by atoms with van der Waals surface area (Å²) in [4.78, 5) is 12.7. The van der Waals surface area contributed by atoms with E-state index in [0.717, 1.165) is 11.5 Å². The third-order valence-electron chi connectivity index (χ3n) is 4.07. The second-order valence-corrected chi connectivity index (χ2v) is 5.99. The first-order valence-corrected chi connectivity index (χ1v) is 8.19. The van der Waals surface area contributed by atoms with E-state index in [4.69, 9.17) is 0 Å². The first kappa shape index (κ1) is 16.1. The molecule has 0 aliphatic heterocycles. The molecule has 0 fully saturated rings. The maximum absolute atomic E-state index is 13.3. The van der Waals surface area contributed by atoms with E-state index in [9.17, 15) is 4.39 Å². The Hall–Kier alpha value is -3.36. The number of hydrogen-bond donors (Lipinski definition) is 0. The molecule has 0 aliphatic carbocycles. The number of rotatable bonds is 6. The lowest BCUT2D eigenvalue weighted by Crippen LogP contribution is -2.11. The first-order chi connectivity index (χ1) is 12.7. The minimum atomic E-state index is -0.287. The highest BCUT2D eigenvalue weighted by Crippen LogP contribution is 2.17. The van der Waals surface area contributed by atoms with Gasteiger partial charge in [-0.25, -0.2) is 28.7 Å². The van der Waals surface area contributed by atoms with Gasteiger partial charge in [-0.3, -0.25) is 0 Å². The van der Waals surface area contributed by atoms with Gasteiger partial charge < -0.3 is 4.57 Å². The van der Waals surface area contributed by atoms with Gasteiger partial charge in [0.2, 0.25) is 0 Å². The molecule has 132 valence electrons. The third kappa shape index (κ3) is 3.37. The summed E-state index contributed by atoms with van der Waals surface area (Å²) in [6.07, 6.45) is 9.18. The van der Waals surface area contributed by atoms with E-state index in [-0.39, 0.29) is 11.9 Å². The Morgan fingerprint density at radius 3 is 2.65 bits per heavy atom. The Labute approximate surface area is 149 Å². The molecule has 0 N–H and O–H groups in total. The van der Waals surface area contributed by atoms with Crippen LogP contribution in [-0.4, -0.2) is 39.1 Å². The Bertz CT molecular complexity index is 957. The summed E-state index contributed by atoms with van der Waals surface area (Å²) in [6, 6.07) is 6.36. The molecule has 3 heterocycles. The van der Waals surface area contributed by atoms with Crippen LogP contribution in [0.15, 0.2) is 55.6 Å². The van der Waals surface area contributed by atoms with Crippen molar-refractivity contribution in [2.24, 2.45) is 0 Å². The molecule has 3 aromatic heterocycles. The largest absolute Gasteiger partial charge is 0.334 e.